The molecule has 0 spiro atoms. The first-order valence-electron chi connectivity index (χ1n) is 7.97. The number of hydrogen-bond donors (Lipinski definition) is 2. The maximum Gasteiger partial charge on any atom is 0.241 e. The van der Waals surface area contributed by atoms with Gasteiger partial charge in [-0.2, -0.15) is 0 Å². The molecule has 0 bridgehead atoms. The summed E-state index contributed by atoms with van der Waals surface area (Å²) in [6.45, 7) is 6.00. The molecule has 20 heavy (non-hydrogen) atoms. The molecular formula is C16H30N2O2. The molecule has 2 amide bonds. The molecule has 0 aromatic carbocycles. The van der Waals surface area contributed by atoms with Crippen LogP contribution in [0.3, 0.4) is 0 Å². The summed E-state index contributed by atoms with van der Waals surface area (Å²) in [5.41, 5.74) is 5.26. The highest BCUT2D eigenvalue weighted by molar-refractivity contribution is 5.82. The lowest BCUT2D eigenvalue weighted by atomic mass is 9.80. The van der Waals surface area contributed by atoms with Gasteiger partial charge in [0.25, 0.3) is 0 Å². The first-order chi connectivity index (χ1) is 9.41. The molecule has 0 radical (unpaired) electrons. The van der Waals surface area contributed by atoms with Gasteiger partial charge in [0.15, 0.2) is 0 Å². The fourth-order valence-electron chi connectivity index (χ4n) is 2.87. The average Bonchev–Trinajstić information content (AvgIpc) is 2.41. The summed E-state index contributed by atoms with van der Waals surface area (Å²) >= 11 is 0. The van der Waals surface area contributed by atoms with Gasteiger partial charge in [-0.05, 0) is 31.1 Å². The van der Waals surface area contributed by atoms with E-state index in [2.05, 4.69) is 24.7 Å². The second kappa shape index (κ2) is 8.28. The Hall–Kier alpha value is -1.06. The molecule has 1 saturated carbocycles. The van der Waals surface area contributed by atoms with Crippen LogP contribution in [0.5, 0.6) is 0 Å². The molecule has 4 heteroatoms. The first kappa shape index (κ1) is 17.0. The van der Waals surface area contributed by atoms with E-state index in [4.69, 9.17) is 0 Å². The van der Waals surface area contributed by atoms with Crippen LogP contribution in [0.4, 0.5) is 0 Å². The van der Waals surface area contributed by atoms with Crippen LogP contribution in [-0.2, 0) is 9.59 Å². The van der Waals surface area contributed by atoms with E-state index in [-0.39, 0.29) is 17.7 Å². The topological polar surface area (TPSA) is 58.2 Å². The van der Waals surface area contributed by atoms with Gasteiger partial charge in [-0.3, -0.25) is 20.4 Å². The smallest absolute Gasteiger partial charge is 0.241 e. The van der Waals surface area contributed by atoms with Crippen molar-refractivity contribution < 1.29 is 9.59 Å². The van der Waals surface area contributed by atoms with Crippen LogP contribution < -0.4 is 10.9 Å². The zero-order valence-corrected chi connectivity index (χ0v) is 13.3. The van der Waals surface area contributed by atoms with Crippen LogP contribution in [0.25, 0.3) is 0 Å². The van der Waals surface area contributed by atoms with Crippen LogP contribution in [0.15, 0.2) is 0 Å². The van der Waals surface area contributed by atoms with Crippen LogP contribution >= 0.6 is 0 Å². The lowest BCUT2D eigenvalue weighted by molar-refractivity contribution is -0.131. The first-order valence-corrected chi connectivity index (χ1v) is 7.97. The Morgan fingerprint density at radius 2 is 1.55 bits per heavy atom. The highest BCUT2D eigenvalue weighted by Gasteiger charge is 2.24. The van der Waals surface area contributed by atoms with Crippen LogP contribution in [0.1, 0.15) is 78.6 Å². The minimum Gasteiger partial charge on any atom is -0.274 e. The van der Waals surface area contributed by atoms with Crippen molar-refractivity contribution in [3.8, 4) is 0 Å². The summed E-state index contributed by atoms with van der Waals surface area (Å²) in [6, 6.07) is 0. The number of hydrazine groups is 1. The molecule has 0 saturated heterocycles. The number of amides is 2. The van der Waals surface area contributed by atoms with Crippen molar-refractivity contribution in [1.82, 2.24) is 10.9 Å². The molecule has 1 aliphatic carbocycles. The van der Waals surface area contributed by atoms with E-state index in [0.717, 1.165) is 25.7 Å². The predicted octanol–water partition coefficient (Wildman–Crippen LogP) is 3.32. The third-order valence-electron chi connectivity index (χ3n) is 4.31. The molecule has 1 unspecified atom stereocenters. The molecule has 0 aliphatic heterocycles. The van der Waals surface area contributed by atoms with Gasteiger partial charge in [0.2, 0.25) is 11.8 Å². The number of rotatable bonds is 1. The zero-order chi connectivity index (χ0) is 15.0. The molecule has 1 aliphatic rings. The summed E-state index contributed by atoms with van der Waals surface area (Å²) in [6.07, 6.45) is 10.4. The molecule has 0 aromatic heterocycles. The van der Waals surface area contributed by atoms with Crippen molar-refractivity contribution in [2.75, 3.05) is 0 Å². The Labute approximate surface area is 123 Å². The van der Waals surface area contributed by atoms with Crippen LogP contribution in [0, 0.1) is 11.3 Å². The number of carbonyl (C=O) groups excluding carboxylic acids is 2. The van der Waals surface area contributed by atoms with E-state index in [1.807, 2.05) is 0 Å². The Balaban J connectivity index is 2.56. The second-order valence-corrected chi connectivity index (χ2v) is 6.88. The number of carbonyl (C=O) groups is 2. The standard InChI is InChI=1S/C16H30N2O2/c1-13(19)17-18-15(20)14-9-7-5-4-6-8-11-16(2,3)12-10-14/h14H,4-12H2,1-3H3,(H,17,19)(H,18,20). The monoisotopic (exact) mass is 282 g/mol. The predicted molar refractivity (Wildman–Crippen MR) is 80.8 cm³/mol. The molecule has 2 N–H and O–H groups in total. The molecule has 116 valence electrons. The summed E-state index contributed by atoms with van der Waals surface area (Å²) in [5, 5.41) is 0. The van der Waals surface area contributed by atoms with E-state index in [1.54, 1.807) is 0 Å². The lowest BCUT2D eigenvalue weighted by Crippen LogP contribution is -2.43. The number of nitrogens with one attached hydrogen (secondary N) is 2. The summed E-state index contributed by atoms with van der Waals surface area (Å²) in [4.78, 5) is 23.0. The van der Waals surface area contributed by atoms with Gasteiger partial charge in [0.05, 0.1) is 0 Å². The van der Waals surface area contributed by atoms with Gasteiger partial charge in [-0.15, -0.1) is 0 Å². The van der Waals surface area contributed by atoms with E-state index < -0.39 is 0 Å². The van der Waals surface area contributed by atoms with Gasteiger partial charge in [-0.25, -0.2) is 0 Å². The lowest BCUT2D eigenvalue weighted by Gasteiger charge is -2.26. The fourth-order valence-corrected chi connectivity index (χ4v) is 2.87. The molecule has 1 atom stereocenters. The Morgan fingerprint density at radius 1 is 0.900 bits per heavy atom. The maximum absolute atomic E-state index is 12.1. The maximum atomic E-state index is 12.1. The summed E-state index contributed by atoms with van der Waals surface area (Å²) < 4.78 is 0. The van der Waals surface area contributed by atoms with E-state index in [9.17, 15) is 9.59 Å². The van der Waals surface area contributed by atoms with Gasteiger partial charge in [-0.1, -0.05) is 46.0 Å². The average molecular weight is 282 g/mol. The zero-order valence-electron chi connectivity index (χ0n) is 13.3. The van der Waals surface area contributed by atoms with Gasteiger partial charge in [0, 0.05) is 12.8 Å². The summed E-state index contributed by atoms with van der Waals surface area (Å²) in [7, 11) is 0. The van der Waals surface area contributed by atoms with Crippen molar-refractivity contribution in [2.45, 2.75) is 78.6 Å². The number of hydrogen-bond acceptors (Lipinski definition) is 2. The van der Waals surface area contributed by atoms with Crippen LogP contribution in [0.2, 0.25) is 0 Å². The highest BCUT2D eigenvalue weighted by Crippen LogP contribution is 2.33. The Morgan fingerprint density at radius 3 is 2.25 bits per heavy atom. The van der Waals surface area contributed by atoms with Crippen molar-refractivity contribution in [2.24, 2.45) is 11.3 Å². The molecule has 1 fully saturated rings. The quantitative estimate of drug-likeness (QED) is 0.725. The van der Waals surface area contributed by atoms with E-state index in [1.165, 1.54) is 39.0 Å². The molecule has 0 aromatic rings. The highest BCUT2D eigenvalue weighted by atomic mass is 16.2. The largest absolute Gasteiger partial charge is 0.274 e. The van der Waals surface area contributed by atoms with Crippen molar-refractivity contribution >= 4 is 11.8 Å². The minimum absolute atomic E-state index is 0.0271. The molecule has 0 heterocycles. The summed E-state index contributed by atoms with van der Waals surface area (Å²) in [5.74, 6) is -0.232. The van der Waals surface area contributed by atoms with Gasteiger partial charge in [0.1, 0.15) is 0 Å². The molecular weight excluding hydrogens is 252 g/mol. The van der Waals surface area contributed by atoms with Crippen molar-refractivity contribution in [3.05, 3.63) is 0 Å². The van der Waals surface area contributed by atoms with Gasteiger partial charge >= 0.3 is 0 Å². The Bertz CT molecular complexity index is 326. The Kier molecular flexibility index (Phi) is 7.03. The van der Waals surface area contributed by atoms with Crippen LogP contribution in [-0.4, -0.2) is 11.8 Å². The minimum atomic E-state index is -0.227. The SMILES string of the molecule is CC(=O)NNC(=O)C1CCCCCCCC(C)(C)CC1. The van der Waals surface area contributed by atoms with E-state index >= 15 is 0 Å². The third-order valence-corrected chi connectivity index (χ3v) is 4.31. The van der Waals surface area contributed by atoms with Crippen molar-refractivity contribution in [1.29, 1.82) is 0 Å². The van der Waals surface area contributed by atoms with Gasteiger partial charge < -0.3 is 0 Å². The molecule has 1 rings (SSSR count). The second-order valence-electron chi connectivity index (χ2n) is 6.88. The van der Waals surface area contributed by atoms with Crippen molar-refractivity contribution in [3.63, 3.8) is 0 Å². The normalized spacial score (nSPS) is 24.2. The van der Waals surface area contributed by atoms with E-state index in [0.29, 0.717) is 5.41 Å². The fraction of sp³-hybridized carbons (Fsp3) is 0.875. The third kappa shape index (κ3) is 6.92. The molecule has 4 nitrogen and oxygen atoms in total.